The molecule has 9 N–H and O–H groups in total. The van der Waals surface area contributed by atoms with Crippen LogP contribution in [0.25, 0.3) is 0 Å². The van der Waals surface area contributed by atoms with Crippen molar-refractivity contribution in [2.75, 3.05) is 13.7 Å². The number of primary amides is 1. The summed E-state index contributed by atoms with van der Waals surface area (Å²) >= 11 is 0. The Balaban J connectivity index is 1.58. The number of ether oxygens (including phenoxy) is 1. The van der Waals surface area contributed by atoms with Crippen LogP contribution in [0.2, 0.25) is 0 Å². The van der Waals surface area contributed by atoms with Gasteiger partial charge in [0, 0.05) is 25.8 Å². The van der Waals surface area contributed by atoms with E-state index in [1.807, 2.05) is 38.1 Å². The monoisotopic (exact) mass is 895 g/mol. The number of carbonyl (C=O) groups is 7. The summed E-state index contributed by atoms with van der Waals surface area (Å²) in [4.78, 5) is 88.0. The van der Waals surface area contributed by atoms with E-state index >= 15 is 0 Å². The lowest BCUT2D eigenvalue weighted by Gasteiger charge is -2.25. The van der Waals surface area contributed by atoms with Crippen LogP contribution in [0.5, 0.6) is 5.75 Å². The Kier molecular flexibility index (Phi) is 26.8. The Hall–Kier alpha value is -5.51. The first-order chi connectivity index (χ1) is 30.6. The molecule has 2 aromatic carbocycles. The van der Waals surface area contributed by atoms with Crippen LogP contribution < -0.4 is 37.1 Å². The van der Waals surface area contributed by atoms with E-state index in [4.69, 9.17) is 10.5 Å². The highest BCUT2D eigenvalue weighted by Crippen LogP contribution is 2.15. The predicted octanol–water partition coefficient (Wildman–Crippen LogP) is 4.38. The summed E-state index contributed by atoms with van der Waals surface area (Å²) in [5.74, 6) is -3.64. The quantitative estimate of drug-likeness (QED) is 0.0460. The van der Waals surface area contributed by atoms with Crippen LogP contribution in [0.1, 0.15) is 135 Å². The number of rotatable bonds is 34. The average Bonchev–Trinajstić information content (AvgIpc) is 3.24. The molecule has 16 nitrogen and oxygen atoms in total. The molecule has 1 unspecified atom stereocenters. The molecule has 0 saturated carbocycles. The Labute approximate surface area is 379 Å². The standard InChI is InChI=1S/C48H74N6O10/c1-33(2)29-38(45(59)50-28-27-36-23-20-24-37(30-36)64-4)52-47(61)44(34(3)55)54-43(58)26-19-14-12-10-8-6-5-7-9-11-13-18-25-42(57)51-39(32-41(49)56)46(60)53-40(48(62)63)31-35-21-16-15-17-22-35/h15-17,20-24,30,33-34,38-40,44,55H,5-14,18-19,25-29,31-32H2,1-4H3,(H2,49,56)(H,50,59)(H,51,57)(H,52,61)(H,53,60)(H,54,58)(H,62,63)/t34?,38-,39-,40-,44-/m0/s1. The van der Waals surface area contributed by atoms with E-state index < -0.39 is 66.3 Å². The van der Waals surface area contributed by atoms with Crippen molar-refractivity contribution in [1.29, 1.82) is 0 Å². The number of aliphatic hydroxyl groups is 1. The number of benzene rings is 2. The van der Waals surface area contributed by atoms with Crippen molar-refractivity contribution in [3.63, 3.8) is 0 Å². The molecule has 5 atom stereocenters. The van der Waals surface area contributed by atoms with Crippen molar-refractivity contribution in [1.82, 2.24) is 26.6 Å². The van der Waals surface area contributed by atoms with Crippen LogP contribution in [0, 0.1) is 5.92 Å². The summed E-state index contributed by atoms with van der Waals surface area (Å²) in [5.41, 5.74) is 7.02. The van der Waals surface area contributed by atoms with Gasteiger partial charge < -0.3 is 47.3 Å². The minimum absolute atomic E-state index is 0.0404. The number of carboxylic acid groups (broad SMARTS) is 1. The topological polar surface area (TPSA) is 255 Å². The molecule has 6 amide bonds. The SMILES string of the molecule is COc1cccc(CCNC(=O)[C@H](CC(C)C)NC(=O)[C@@H](NC(=O)CCCCCCCCCCCCCCC(=O)N[C@@H](CC(N)=O)C(=O)N[C@@H](Cc2ccccc2)C(=O)O)C(C)O)c1. The second kappa shape index (κ2) is 31.4. The van der Waals surface area contributed by atoms with E-state index in [1.165, 1.54) is 6.92 Å². The van der Waals surface area contributed by atoms with Gasteiger partial charge >= 0.3 is 5.97 Å². The van der Waals surface area contributed by atoms with Crippen LogP contribution in [0.15, 0.2) is 54.6 Å². The third-order valence-electron chi connectivity index (χ3n) is 10.8. The molecule has 0 radical (unpaired) electrons. The van der Waals surface area contributed by atoms with Crippen LogP contribution in [-0.4, -0.2) is 95.6 Å². The molecule has 0 saturated heterocycles. The van der Waals surface area contributed by atoms with Gasteiger partial charge in [0.1, 0.15) is 29.9 Å². The Morgan fingerprint density at radius 2 is 1.16 bits per heavy atom. The Morgan fingerprint density at radius 3 is 1.67 bits per heavy atom. The lowest BCUT2D eigenvalue weighted by Crippen LogP contribution is -2.57. The van der Waals surface area contributed by atoms with Crippen LogP contribution in [0.4, 0.5) is 0 Å². The molecule has 16 heteroatoms. The molecule has 2 rings (SSSR count). The number of hydrogen-bond acceptors (Lipinski definition) is 9. The van der Waals surface area contributed by atoms with E-state index in [-0.39, 0.29) is 37.0 Å². The first-order valence-electron chi connectivity index (χ1n) is 22.9. The molecule has 0 aliphatic rings. The number of methoxy groups -OCH3 is 1. The summed E-state index contributed by atoms with van der Waals surface area (Å²) in [6.45, 7) is 5.70. The molecule has 356 valence electrons. The third-order valence-corrected chi connectivity index (χ3v) is 10.8. The lowest BCUT2D eigenvalue weighted by atomic mass is 10.0. The van der Waals surface area contributed by atoms with E-state index in [0.717, 1.165) is 75.5 Å². The Bertz CT molecular complexity index is 1740. The molecular weight excluding hydrogens is 821 g/mol. The number of unbranched alkanes of at least 4 members (excludes halogenated alkanes) is 11. The fourth-order valence-corrected chi connectivity index (χ4v) is 7.23. The summed E-state index contributed by atoms with van der Waals surface area (Å²) in [6.07, 6.45) is 11.1. The van der Waals surface area contributed by atoms with Crippen molar-refractivity contribution in [3.8, 4) is 5.75 Å². The van der Waals surface area contributed by atoms with Crippen molar-refractivity contribution in [3.05, 3.63) is 65.7 Å². The largest absolute Gasteiger partial charge is 0.497 e. The van der Waals surface area contributed by atoms with Gasteiger partial charge in [-0.05, 0) is 61.8 Å². The summed E-state index contributed by atoms with van der Waals surface area (Å²) < 4.78 is 5.26. The van der Waals surface area contributed by atoms with Crippen molar-refractivity contribution < 1.29 is 48.5 Å². The van der Waals surface area contributed by atoms with Gasteiger partial charge in [-0.25, -0.2) is 4.79 Å². The summed E-state index contributed by atoms with van der Waals surface area (Å²) in [6, 6.07) is 11.9. The fourth-order valence-electron chi connectivity index (χ4n) is 7.23. The number of aliphatic hydroxyl groups excluding tert-OH is 1. The number of nitrogens with one attached hydrogen (secondary N) is 5. The van der Waals surface area contributed by atoms with E-state index in [9.17, 15) is 43.8 Å². The minimum Gasteiger partial charge on any atom is -0.497 e. The summed E-state index contributed by atoms with van der Waals surface area (Å²) in [7, 11) is 1.59. The normalized spacial score (nSPS) is 13.4. The van der Waals surface area contributed by atoms with Gasteiger partial charge in [0.05, 0.1) is 19.6 Å². The number of carboxylic acids is 1. The van der Waals surface area contributed by atoms with Crippen molar-refractivity contribution in [2.24, 2.45) is 11.7 Å². The number of nitrogens with two attached hydrogens (primary N) is 1. The molecule has 0 aromatic heterocycles. The van der Waals surface area contributed by atoms with Gasteiger partial charge in [-0.15, -0.1) is 0 Å². The molecule has 0 heterocycles. The van der Waals surface area contributed by atoms with Gasteiger partial charge in [0.25, 0.3) is 0 Å². The fraction of sp³-hybridized carbons (Fsp3) is 0.604. The molecule has 0 aliphatic heterocycles. The maximum atomic E-state index is 13.2. The van der Waals surface area contributed by atoms with Crippen LogP contribution >= 0.6 is 0 Å². The maximum absolute atomic E-state index is 13.2. The van der Waals surface area contributed by atoms with Crippen molar-refractivity contribution in [2.45, 2.75) is 167 Å². The zero-order valence-electron chi connectivity index (χ0n) is 38.3. The summed E-state index contributed by atoms with van der Waals surface area (Å²) in [5, 5.41) is 33.3. The van der Waals surface area contributed by atoms with E-state index in [2.05, 4.69) is 26.6 Å². The molecule has 0 aliphatic carbocycles. The van der Waals surface area contributed by atoms with Gasteiger partial charge in [0.15, 0.2) is 0 Å². The van der Waals surface area contributed by atoms with E-state index in [1.54, 1.807) is 37.4 Å². The maximum Gasteiger partial charge on any atom is 0.326 e. The number of amides is 6. The predicted molar refractivity (Wildman–Crippen MR) is 245 cm³/mol. The van der Waals surface area contributed by atoms with Crippen molar-refractivity contribution >= 4 is 41.4 Å². The second-order valence-corrected chi connectivity index (χ2v) is 17.0. The molecule has 0 fully saturated rings. The van der Waals surface area contributed by atoms with Crippen LogP contribution in [0.3, 0.4) is 0 Å². The molecule has 0 spiro atoms. The first kappa shape index (κ1) is 54.6. The zero-order chi connectivity index (χ0) is 47.3. The van der Waals surface area contributed by atoms with Gasteiger partial charge in [0.2, 0.25) is 35.4 Å². The van der Waals surface area contributed by atoms with Gasteiger partial charge in [-0.2, -0.15) is 0 Å². The highest BCUT2D eigenvalue weighted by Gasteiger charge is 2.31. The third kappa shape index (κ3) is 23.8. The Morgan fingerprint density at radius 1 is 0.625 bits per heavy atom. The van der Waals surface area contributed by atoms with Gasteiger partial charge in [-0.3, -0.25) is 28.8 Å². The minimum atomic E-state index is -1.27. The van der Waals surface area contributed by atoms with E-state index in [0.29, 0.717) is 37.8 Å². The molecule has 64 heavy (non-hydrogen) atoms. The van der Waals surface area contributed by atoms with Crippen LogP contribution in [-0.2, 0) is 46.4 Å². The number of hydrogen-bond donors (Lipinski definition) is 8. The zero-order valence-corrected chi connectivity index (χ0v) is 38.3. The highest BCUT2D eigenvalue weighted by molar-refractivity contribution is 5.94. The molecular formula is C48H74N6O10. The molecule has 2 aromatic rings. The average molecular weight is 895 g/mol. The lowest BCUT2D eigenvalue weighted by molar-refractivity contribution is -0.142. The second-order valence-electron chi connectivity index (χ2n) is 17.0. The smallest absolute Gasteiger partial charge is 0.326 e. The number of aliphatic carboxylic acids is 1. The number of carbonyl (C=O) groups excluding carboxylic acids is 6. The first-order valence-corrected chi connectivity index (χ1v) is 22.9. The highest BCUT2D eigenvalue weighted by atomic mass is 16.5. The molecule has 0 bridgehead atoms. The van der Waals surface area contributed by atoms with Gasteiger partial charge in [-0.1, -0.05) is 121 Å².